The average molecular weight is 496 g/mol. The third-order valence-electron chi connectivity index (χ3n) is 5.52. The Morgan fingerprint density at radius 2 is 1.73 bits per heavy atom. The van der Waals surface area contributed by atoms with Crippen molar-refractivity contribution in [1.82, 2.24) is 24.3 Å². The molecular weight excluding hydrogens is 478 g/mol. The Kier molecular flexibility index (Phi) is 4.69. The van der Waals surface area contributed by atoms with Gasteiger partial charge in [0.1, 0.15) is 16.2 Å². The molecule has 6 nitrogen and oxygen atoms in total. The number of nitrogens with zero attached hydrogens (tertiary/aromatic N) is 5. The second kappa shape index (κ2) is 7.86. The summed E-state index contributed by atoms with van der Waals surface area (Å²) < 4.78 is 10.8. The lowest BCUT2D eigenvalue weighted by atomic mass is 10.1. The van der Waals surface area contributed by atoms with Crippen LogP contribution in [0.25, 0.3) is 33.3 Å². The Labute approximate surface area is 198 Å². The summed E-state index contributed by atoms with van der Waals surface area (Å²) in [7, 11) is 0. The molecule has 6 rings (SSSR count). The molecule has 2 aromatic carbocycles. The largest absolute Gasteiger partial charge is 0.439 e. The number of aryl methyl sites for hydroxylation is 1. The van der Waals surface area contributed by atoms with Gasteiger partial charge in [-0.1, -0.05) is 18.2 Å². The summed E-state index contributed by atoms with van der Waals surface area (Å²) >= 11 is 3.48. The fraction of sp³-hybridized carbons (Fsp3) is 0.0385. The summed E-state index contributed by atoms with van der Waals surface area (Å²) in [6.07, 6.45) is 5.46. The first kappa shape index (κ1) is 19.7. The van der Waals surface area contributed by atoms with E-state index in [9.17, 15) is 0 Å². The van der Waals surface area contributed by atoms with Gasteiger partial charge < -0.3 is 4.74 Å². The SMILES string of the molecule is Cc1ccnc(-n2c3ccccc3c3ccc(Oc4cc(-n5cccn5)cc(Br)n4)cc32)c1. The molecule has 33 heavy (non-hydrogen) atoms. The lowest BCUT2D eigenvalue weighted by molar-refractivity contribution is 0.462. The molecule has 0 unspecified atom stereocenters. The molecule has 4 aromatic heterocycles. The molecule has 0 radical (unpaired) electrons. The molecule has 6 aromatic rings. The van der Waals surface area contributed by atoms with Crippen molar-refractivity contribution >= 4 is 37.7 Å². The average Bonchev–Trinajstić information content (AvgIpc) is 3.45. The van der Waals surface area contributed by atoms with Crippen molar-refractivity contribution in [2.75, 3.05) is 0 Å². The molecule has 0 aliphatic heterocycles. The van der Waals surface area contributed by atoms with E-state index in [0.717, 1.165) is 33.5 Å². The Balaban J connectivity index is 1.49. The van der Waals surface area contributed by atoms with Crippen molar-refractivity contribution in [2.45, 2.75) is 6.92 Å². The van der Waals surface area contributed by atoms with Crippen molar-refractivity contribution in [3.8, 4) is 23.1 Å². The van der Waals surface area contributed by atoms with Crippen LogP contribution < -0.4 is 4.74 Å². The number of hydrogen-bond acceptors (Lipinski definition) is 4. The normalized spacial score (nSPS) is 11.3. The van der Waals surface area contributed by atoms with Crippen LogP contribution in [-0.4, -0.2) is 24.3 Å². The molecule has 0 aliphatic carbocycles. The number of pyridine rings is 2. The molecule has 0 spiro atoms. The van der Waals surface area contributed by atoms with E-state index in [1.54, 1.807) is 10.9 Å². The van der Waals surface area contributed by atoms with Crippen LogP contribution in [0.15, 0.2) is 96.0 Å². The van der Waals surface area contributed by atoms with Crippen molar-refractivity contribution in [1.29, 1.82) is 0 Å². The summed E-state index contributed by atoms with van der Waals surface area (Å²) in [6, 6.07) is 24.2. The molecular formula is C26H18BrN5O. The molecule has 0 atom stereocenters. The van der Waals surface area contributed by atoms with Gasteiger partial charge in [0, 0.05) is 41.5 Å². The quantitative estimate of drug-likeness (QED) is 0.257. The van der Waals surface area contributed by atoms with Crippen LogP contribution in [0.4, 0.5) is 0 Å². The van der Waals surface area contributed by atoms with Crippen molar-refractivity contribution in [3.63, 3.8) is 0 Å². The minimum absolute atomic E-state index is 0.477. The zero-order valence-electron chi connectivity index (χ0n) is 17.7. The van der Waals surface area contributed by atoms with E-state index in [1.807, 2.05) is 54.9 Å². The summed E-state index contributed by atoms with van der Waals surface area (Å²) in [4.78, 5) is 9.13. The molecule has 160 valence electrons. The van der Waals surface area contributed by atoms with Crippen LogP contribution in [0, 0.1) is 6.92 Å². The summed E-state index contributed by atoms with van der Waals surface area (Å²) in [5.41, 5.74) is 4.14. The fourth-order valence-corrected chi connectivity index (χ4v) is 4.50. The molecule has 4 heterocycles. The van der Waals surface area contributed by atoms with Gasteiger partial charge in [0.2, 0.25) is 5.88 Å². The van der Waals surface area contributed by atoms with Gasteiger partial charge in [-0.05, 0) is 70.9 Å². The molecule has 0 saturated carbocycles. The van der Waals surface area contributed by atoms with Gasteiger partial charge in [-0.15, -0.1) is 0 Å². The van der Waals surface area contributed by atoms with E-state index >= 15 is 0 Å². The summed E-state index contributed by atoms with van der Waals surface area (Å²) in [6.45, 7) is 2.07. The van der Waals surface area contributed by atoms with Gasteiger partial charge in [0.15, 0.2) is 0 Å². The number of halogens is 1. The predicted octanol–water partition coefficient (Wildman–Crippen LogP) is 6.62. The first-order valence-corrected chi connectivity index (χ1v) is 11.3. The minimum Gasteiger partial charge on any atom is -0.439 e. The van der Waals surface area contributed by atoms with Gasteiger partial charge in [-0.2, -0.15) is 5.10 Å². The maximum absolute atomic E-state index is 6.20. The molecule has 0 N–H and O–H groups in total. The van der Waals surface area contributed by atoms with Crippen molar-refractivity contribution in [2.24, 2.45) is 0 Å². The highest BCUT2D eigenvalue weighted by Crippen LogP contribution is 2.35. The van der Waals surface area contributed by atoms with Gasteiger partial charge >= 0.3 is 0 Å². The monoisotopic (exact) mass is 495 g/mol. The second-order valence-electron chi connectivity index (χ2n) is 7.76. The smallest absolute Gasteiger partial charge is 0.222 e. The second-order valence-corrected chi connectivity index (χ2v) is 8.57. The first-order valence-electron chi connectivity index (χ1n) is 10.5. The van der Waals surface area contributed by atoms with Gasteiger partial charge in [0.25, 0.3) is 0 Å². The van der Waals surface area contributed by atoms with Crippen molar-refractivity contribution in [3.05, 3.63) is 102 Å². The van der Waals surface area contributed by atoms with Crippen LogP contribution in [-0.2, 0) is 0 Å². The topological polar surface area (TPSA) is 57.8 Å². The minimum atomic E-state index is 0.477. The lowest BCUT2D eigenvalue weighted by Crippen LogP contribution is -1.98. The highest BCUT2D eigenvalue weighted by molar-refractivity contribution is 9.10. The Morgan fingerprint density at radius 3 is 2.58 bits per heavy atom. The highest BCUT2D eigenvalue weighted by atomic mass is 79.9. The standard InChI is InChI=1S/C26H18BrN5O/c1-17-9-11-28-25(13-17)32-22-6-3-2-5-20(22)21-8-7-19(16-23(21)32)33-26-15-18(14-24(27)30-26)31-12-4-10-29-31/h2-16H,1H3. The third-order valence-corrected chi connectivity index (χ3v) is 5.93. The Hall–Kier alpha value is -3.97. The molecule has 7 heteroatoms. The molecule has 0 saturated heterocycles. The molecule has 0 amide bonds. The third kappa shape index (κ3) is 3.56. The number of ether oxygens (including phenoxy) is 1. The zero-order valence-corrected chi connectivity index (χ0v) is 19.3. The van der Waals surface area contributed by atoms with E-state index in [4.69, 9.17) is 4.74 Å². The van der Waals surface area contributed by atoms with Crippen LogP contribution in [0.1, 0.15) is 5.56 Å². The molecule has 0 bridgehead atoms. The molecule has 0 fully saturated rings. The Morgan fingerprint density at radius 1 is 0.848 bits per heavy atom. The Bertz CT molecular complexity index is 1620. The first-order chi connectivity index (χ1) is 16.2. The van der Waals surface area contributed by atoms with Gasteiger partial charge in [-0.3, -0.25) is 4.57 Å². The van der Waals surface area contributed by atoms with E-state index in [2.05, 4.69) is 72.8 Å². The number of benzene rings is 2. The highest BCUT2D eigenvalue weighted by Gasteiger charge is 2.14. The van der Waals surface area contributed by atoms with Crippen molar-refractivity contribution < 1.29 is 4.74 Å². The van der Waals surface area contributed by atoms with Crippen LogP contribution >= 0.6 is 15.9 Å². The maximum atomic E-state index is 6.20. The zero-order chi connectivity index (χ0) is 22.4. The summed E-state index contributed by atoms with van der Waals surface area (Å²) in [5, 5.41) is 6.61. The van der Waals surface area contributed by atoms with Gasteiger partial charge in [-0.25, -0.2) is 14.6 Å². The number of aromatic nitrogens is 5. The number of rotatable bonds is 4. The summed E-state index contributed by atoms with van der Waals surface area (Å²) in [5.74, 6) is 2.04. The number of hydrogen-bond donors (Lipinski definition) is 0. The van der Waals surface area contributed by atoms with E-state index in [1.165, 1.54) is 5.39 Å². The van der Waals surface area contributed by atoms with Crippen LogP contribution in [0.5, 0.6) is 11.6 Å². The number of fused-ring (bicyclic) bond motifs is 3. The van der Waals surface area contributed by atoms with E-state index < -0.39 is 0 Å². The van der Waals surface area contributed by atoms with Crippen LogP contribution in [0.2, 0.25) is 0 Å². The molecule has 0 aliphatic rings. The van der Waals surface area contributed by atoms with Crippen LogP contribution in [0.3, 0.4) is 0 Å². The van der Waals surface area contributed by atoms with E-state index in [-0.39, 0.29) is 0 Å². The lowest BCUT2D eigenvalue weighted by Gasteiger charge is -2.10. The fourth-order valence-electron chi connectivity index (χ4n) is 4.09. The maximum Gasteiger partial charge on any atom is 0.222 e. The predicted molar refractivity (Wildman–Crippen MR) is 132 cm³/mol. The van der Waals surface area contributed by atoms with E-state index in [0.29, 0.717) is 16.2 Å². The van der Waals surface area contributed by atoms with Gasteiger partial charge in [0.05, 0.1) is 16.7 Å². The number of para-hydroxylation sites is 1.